The van der Waals surface area contributed by atoms with Crippen LogP contribution in [0, 0.1) is 6.07 Å². The minimum absolute atomic E-state index is 0.874. The van der Waals surface area contributed by atoms with Crippen molar-refractivity contribution in [3.05, 3.63) is 6.07 Å². The maximum atomic E-state index is 11.6. The van der Waals surface area contributed by atoms with Crippen molar-refractivity contribution in [3.8, 4) is 5.75 Å². The molecule has 0 heterocycles. The fraction of sp³-hybridized carbons (Fsp3) is 0.125. The average Bonchev–Trinajstić information content (AvgIpc) is 2.25. The Bertz CT molecular complexity index is 800. The van der Waals surface area contributed by atoms with Gasteiger partial charge < -0.3 is 0 Å². The fourth-order valence-electron chi connectivity index (χ4n) is 1.64. The van der Waals surface area contributed by atoms with E-state index in [2.05, 4.69) is 0 Å². The number of anilines is 1. The van der Waals surface area contributed by atoms with E-state index in [-0.39, 0.29) is 0 Å². The maximum absolute atomic E-state index is 11.6. The molecule has 0 fully saturated rings. The van der Waals surface area contributed by atoms with Gasteiger partial charge in [0.2, 0.25) is 0 Å². The van der Waals surface area contributed by atoms with Crippen LogP contribution in [-0.4, -0.2) is 78.1 Å². The Labute approximate surface area is 136 Å². The van der Waals surface area contributed by atoms with E-state index in [4.69, 9.17) is 0 Å². The number of phenolic OH excluding ortho intramolecular Hbond substituents is 1. The molecule has 0 aromatic heterocycles. The predicted octanol–water partition coefficient (Wildman–Crippen LogP) is -6.17. The van der Waals surface area contributed by atoms with E-state index in [0.29, 0.717) is 0 Å². The molecule has 23 heavy (non-hydrogen) atoms. The number of rotatable bonds is 4. The topological polar surface area (TPSA) is 222 Å². The Kier molecular flexibility index (Phi) is 5.60. The number of aromatic hydroxyl groups is 1. The number of amides is 1. The van der Waals surface area contributed by atoms with E-state index < -0.39 is 72.9 Å². The van der Waals surface area contributed by atoms with Crippen molar-refractivity contribution in [2.24, 2.45) is 0 Å². The number of carbonyl (C=O) groups is 1. The van der Waals surface area contributed by atoms with Crippen LogP contribution < -0.4 is 18.4 Å². The zero-order valence-corrected chi connectivity index (χ0v) is 16.7. The van der Waals surface area contributed by atoms with E-state index in [9.17, 15) is 45.7 Å². The first-order valence-corrected chi connectivity index (χ1v) is 15.5. The monoisotopic (exact) mass is 522 g/mol. The third-order valence-corrected chi connectivity index (χ3v) is 10.2. The SMILES string of the molecule is CC(=O)Nc1c(O)[c]c([As](=O)(O)O)c([As](=O)(O)O)c1[As](=O)(O)O. The molecule has 15 heteroatoms. The van der Waals surface area contributed by atoms with Crippen LogP contribution in [0.2, 0.25) is 0 Å². The molecular formula is C8H11As3NO11. The molecule has 0 spiro atoms. The number of nitrogens with one attached hydrogen (secondary N) is 1. The molecule has 8 N–H and O–H groups in total. The van der Waals surface area contributed by atoms with Crippen LogP contribution in [0.25, 0.3) is 0 Å². The van der Waals surface area contributed by atoms with Gasteiger partial charge in [0.1, 0.15) is 0 Å². The van der Waals surface area contributed by atoms with Gasteiger partial charge in [0.15, 0.2) is 0 Å². The van der Waals surface area contributed by atoms with Crippen LogP contribution in [0.5, 0.6) is 5.75 Å². The summed E-state index contributed by atoms with van der Waals surface area (Å²) in [6.07, 6.45) is 0. The summed E-state index contributed by atoms with van der Waals surface area (Å²) in [5.41, 5.74) is -1.06. The van der Waals surface area contributed by atoms with E-state index in [0.717, 1.165) is 6.92 Å². The number of carbonyl (C=O) groups excluding carboxylic acids is 1. The second-order valence-corrected chi connectivity index (χ2v) is 13.9. The summed E-state index contributed by atoms with van der Waals surface area (Å²) in [7, 11) is 0. The Morgan fingerprint density at radius 1 is 0.913 bits per heavy atom. The van der Waals surface area contributed by atoms with Crippen molar-refractivity contribution in [1.29, 1.82) is 0 Å². The van der Waals surface area contributed by atoms with Gasteiger partial charge in [-0.05, 0) is 0 Å². The van der Waals surface area contributed by atoms with Crippen molar-refractivity contribution in [3.63, 3.8) is 0 Å². The van der Waals surface area contributed by atoms with E-state index >= 15 is 0 Å². The number of hydrogen-bond donors (Lipinski definition) is 8. The molecule has 0 bridgehead atoms. The van der Waals surface area contributed by atoms with Crippen molar-refractivity contribution in [1.82, 2.24) is 0 Å². The molecule has 0 saturated carbocycles. The van der Waals surface area contributed by atoms with Gasteiger partial charge in [0.25, 0.3) is 0 Å². The molecular weight excluding hydrogens is 511 g/mol. The van der Waals surface area contributed by atoms with Crippen LogP contribution >= 0.6 is 0 Å². The molecule has 129 valence electrons. The average molecular weight is 522 g/mol. The first-order chi connectivity index (χ1) is 10.1. The summed E-state index contributed by atoms with van der Waals surface area (Å²) in [4.78, 5) is 11.1. The van der Waals surface area contributed by atoms with Crippen LogP contribution in [0.3, 0.4) is 0 Å². The van der Waals surface area contributed by atoms with Crippen molar-refractivity contribution < 1.29 is 45.7 Å². The molecule has 1 aromatic rings. The van der Waals surface area contributed by atoms with Crippen molar-refractivity contribution >= 4 is 67.2 Å². The molecule has 0 saturated heterocycles. The summed E-state index contributed by atoms with van der Waals surface area (Å²) < 4.78 is 85.8. The van der Waals surface area contributed by atoms with Crippen LogP contribution in [0.1, 0.15) is 6.92 Å². The van der Waals surface area contributed by atoms with Gasteiger partial charge >= 0.3 is 137 Å². The van der Waals surface area contributed by atoms with E-state index in [1.54, 1.807) is 11.4 Å². The summed E-state index contributed by atoms with van der Waals surface area (Å²) in [5.74, 6) is -2.23. The summed E-state index contributed by atoms with van der Waals surface area (Å²) in [5, 5.41) is 11.4. The number of benzene rings is 1. The Hall–Kier alpha value is -0.675. The molecule has 0 aliphatic rings. The predicted molar refractivity (Wildman–Crippen MR) is 72.8 cm³/mol. The van der Waals surface area contributed by atoms with Gasteiger partial charge in [-0.2, -0.15) is 0 Å². The fourth-order valence-corrected chi connectivity index (χ4v) is 12.4. The molecule has 1 amide bonds. The molecule has 12 nitrogen and oxygen atoms in total. The zero-order chi connectivity index (χ0) is 18.4. The third-order valence-electron chi connectivity index (χ3n) is 2.33. The first kappa shape index (κ1) is 20.4. The molecule has 1 aromatic carbocycles. The third kappa shape index (κ3) is 4.66. The van der Waals surface area contributed by atoms with Gasteiger partial charge in [-0.3, -0.25) is 0 Å². The Balaban J connectivity index is 4.16. The Morgan fingerprint density at radius 2 is 1.35 bits per heavy atom. The van der Waals surface area contributed by atoms with Gasteiger partial charge in [-0.15, -0.1) is 0 Å². The standard InChI is InChI=1S/C8H11As3NO11/c1-3(13)12-8-5(14)2-4(9(15,16)17)6(10(18,19)20)7(8)11(21,22)23/h14H,1H3,(H,12,13)(H2,15,16,17)(H2,18,19,20)(H2,21,22,23). The summed E-state index contributed by atoms with van der Waals surface area (Å²) in [6, 6.07) is 1.60. The minimum atomic E-state index is -6.33. The second-order valence-electron chi connectivity index (χ2n) is 4.21. The molecule has 0 aliphatic heterocycles. The molecule has 1 radical (unpaired) electrons. The van der Waals surface area contributed by atoms with Crippen molar-refractivity contribution in [2.45, 2.75) is 6.92 Å². The van der Waals surface area contributed by atoms with Gasteiger partial charge in [-0.1, -0.05) is 0 Å². The quantitative estimate of drug-likeness (QED) is 0.137. The van der Waals surface area contributed by atoms with Crippen LogP contribution in [-0.2, 0) is 16.0 Å². The first-order valence-electron chi connectivity index (χ1n) is 5.35. The number of phenols is 1. The Morgan fingerprint density at radius 3 is 1.65 bits per heavy atom. The molecule has 0 aliphatic carbocycles. The van der Waals surface area contributed by atoms with Crippen LogP contribution in [0.15, 0.2) is 0 Å². The molecule has 0 unspecified atom stereocenters. The summed E-state index contributed by atoms with van der Waals surface area (Å²) >= 11 is -18.8. The van der Waals surface area contributed by atoms with Crippen molar-refractivity contribution in [2.75, 3.05) is 5.32 Å². The molecule has 0 atom stereocenters. The van der Waals surface area contributed by atoms with Crippen LogP contribution in [0.4, 0.5) is 5.69 Å². The number of hydrogen-bond acceptors (Lipinski definition) is 5. The normalized spacial score (nSPS) is 13.0. The van der Waals surface area contributed by atoms with Gasteiger partial charge in [-0.25, -0.2) is 0 Å². The molecule has 1 rings (SSSR count). The zero-order valence-electron chi connectivity index (χ0n) is 11.1. The summed E-state index contributed by atoms with van der Waals surface area (Å²) in [6.45, 7) is 0.874. The second kappa shape index (κ2) is 6.32. The van der Waals surface area contributed by atoms with E-state index in [1.807, 2.05) is 0 Å². The van der Waals surface area contributed by atoms with Gasteiger partial charge in [0.05, 0.1) is 0 Å². The van der Waals surface area contributed by atoms with E-state index in [1.165, 1.54) is 0 Å². The van der Waals surface area contributed by atoms with Gasteiger partial charge in [0, 0.05) is 0 Å².